The molecule has 1 amide bonds. The third-order valence-electron chi connectivity index (χ3n) is 2.79. The summed E-state index contributed by atoms with van der Waals surface area (Å²) in [5, 5.41) is 10.3. The average molecular weight is 293 g/mol. The molecule has 0 atom stereocenters. The second kappa shape index (κ2) is 7.22. The number of hydrogen-bond donors (Lipinski definition) is 1. The summed E-state index contributed by atoms with van der Waals surface area (Å²) >= 11 is 0. The van der Waals surface area contributed by atoms with Crippen LogP contribution in [0.5, 0.6) is 0 Å². The maximum atomic E-state index is 12.0. The first-order chi connectivity index (χ1) is 9.73. The molecule has 0 heterocycles. The Hall–Kier alpha value is -1.88. The largest absolute Gasteiger partial charge is 0.460 e. The maximum absolute atomic E-state index is 12.0. The number of aryl methyl sites for hydroxylation is 1. The summed E-state index contributed by atoms with van der Waals surface area (Å²) in [6.45, 7) is 7.23. The van der Waals surface area contributed by atoms with E-state index in [0.29, 0.717) is 10.6 Å². The highest BCUT2D eigenvalue weighted by molar-refractivity contribution is 5.93. The van der Waals surface area contributed by atoms with E-state index in [9.17, 15) is 14.8 Å². The van der Waals surface area contributed by atoms with Gasteiger partial charge < -0.3 is 4.74 Å². The molecule has 0 aromatic heterocycles. The summed E-state index contributed by atoms with van der Waals surface area (Å²) in [4.78, 5) is 23.5. The van der Waals surface area contributed by atoms with Crippen LogP contribution < -0.4 is 0 Å². The van der Waals surface area contributed by atoms with Gasteiger partial charge in [-0.05, 0) is 44.9 Å². The molecule has 1 rings (SSSR count). The van der Waals surface area contributed by atoms with E-state index in [-0.39, 0.29) is 13.0 Å². The van der Waals surface area contributed by atoms with Crippen molar-refractivity contribution < 1.29 is 19.5 Å². The zero-order valence-corrected chi connectivity index (χ0v) is 13.0. The molecule has 0 aliphatic carbocycles. The summed E-state index contributed by atoms with van der Waals surface area (Å²) < 4.78 is 5.12. The number of hydroxylamine groups is 2. The molecule has 0 fully saturated rings. The number of carbonyl (C=O) groups excluding carboxylic acids is 2. The summed E-state index contributed by atoms with van der Waals surface area (Å²) in [6.07, 6.45) is 0.836. The molecule has 0 saturated heterocycles. The molecule has 5 nitrogen and oxygen atoms in total. The van der Waals surface area contributed by atoms with Gasteiger partial charge in [0.1, 0.15) is 5.60 Å². The third-order valence-corrected chi connectivity index (χ3v) is 2.79. The molecule has 5 heteroatoms. The lowest BCUT2D eigenvalue weighted by atomic mass is 10.1. The molecule has 0 saturated carbocycles. The number of carbonyl (C=O) groups is 2. The standard InChI is InChI=1S/C16H23NO4/c1-5-12-6-8-13(9-7-12)15(19)17(20)11-10-14(18)21-16(2,3)4/h6-9,20H,5,10-11H2,1-4H3. The predicted molar refractivity (Wildman–Crippen MR) is 79.1 cm³/mol. The minimum atomic E-state index is -0.572. The van der Waals surface area contributed by atoms with E-state index in [1.807, 2.05) is 19.1 Å². The lowest BCUT2D eigenvalue weighted by Gasteiger charge is -2.20. The van der Waals surface area contributed by atoms with Gasteiger partial charge in [-0.25, -0.2) is 5.06 Å². The van der Waals surface area contributed by atoms with Crippen LogP contribution in [0, 0.1) is 0 Å². The SMILES string of the molecule is CCc1ccc(C(=O)N(O)CCC(=O)OC(C)(C)C)cc1. The van der Waals surface area contributed by atoms with Gasteiger partial charge in [0, 0.05) is 5.56 Å². The Morgan fingerprint density at radius 1 is 1.19 bits per heavy atom. The fourth-order valence-electron chi connectivity index (χ4n) is 1.72. The first-order valence-corrected chi connectivity index (χ1v) is 7.04. The van der Waals surface area contributed by atoms with Crippen molar-refractivity contribution in [1.82, 2.24) is 5.06 Å². The second-order valence-corrected chi connectivity index (χ2v) is 5.82. The summed E-state index contributed by atoms with van der Waals surface area (Å²) in [5.41, 5.74) is 0.931. The van der Waals surface area contributed by atoms with E-state index in [0.717, 1.165) is 12.0 Å². The van der Waals surface area contributed by atoms with E-state index in [2.05, 4.69) is 0 Å². The molecule has 0 aliphatic heterocycles. The quantitative estimate of drug-likeness (QED) is 0.515. The first kappa shape index (κ1) is 17.2. The number of esters is 1. The van der Waals surface area contributed by atoms with Crippen LogP contribution in [0.1, 0.15) is 50.0 Å². The van der Waals surface area contributed by atoms with Crippen LogP contribution in [-0.4, -0.2) is 34.3 Å². The van der Waals surface area contributed by atoms with Gasteiger partial charge >= 0.3 is 5.97 Å². The fraction of sp³-hybridized carbons (Fsp3) is 0.500. The average Bonchev–Trinajstić information content (AvgIpc) is 2.42. The molecule has 0 radical (unpaired) electrons. The van der Waals surface area contributed by atoms with Gasteiger partial charge in [-0.15, -0.1) is 0 Å². The Bertz CT molecular complexity index is 488. The van der Waals surface area contributed by atoms with E-state index in [1.165, 1.54) is 0 Å². The predicted octanol–water partition coefficient (Wildman–Crippen LogP) is 2.81. The van der Waals surface area contributed by atoms with Crippen molar-refractivity contribution in [3.05, 3.63) is 35.4 Å². The third kappa shape index (κ3) is 5.95. The topological polar surface area (TPSA) is 66.8 Å². The molecule has 0 bridgehead atoms. The van der Waals surface area contributed by atoms with Crippen molar-refractivity contribution in [2.45, 2.75) is 46.1 Å². The number of benzene rings is 1. The van der Waals surface area contributed by atoms with Gasteiger partial charge in [0.15, 0.2) is 0 Å². The van der Waals surface area contributed by atoms with Gasteiger partial charge in [0.2, 0.25) is 0 Å². The second-order valence-electron chi connectivity index (χ2n) is 5.82. The highest BCUT2D eigenvalue weighted by Gasteiger charge is 2.19. The Morgan fingerprint density at radius 2 is 1.76 bits per heavy atom. The highest BCUT2D eigenvalue weighted by Crippen LogP contribution is 2.10. The molecule has 0 spiro atoms. The van der Waals surface area contributed by atoms with Crippen LogP contribution in [0.3, 0.4) is 0 Å². The van der Waals surface area contributed by atoms with Gasteiger partial charge in [-0.1, -0.05) is 19.1 Å². The van der Waals surface area contributed by atoms with Crippen LogP contribution in [-0.2, 0) is 16.0 Å². The smallest absolute Gasteiger partial charge is 0.308 e. The van der Waals surface area contributed by atoms with Gasteiger partial charge in [-0.3, -0.25) is 14.8 Å². The van der Waals surface area contributed by atoms with Crippen molar-refractivity contribution in [2.75, 3.05) is 6.54 Å². The molecular formula is C16H23NO4. The monoisotopic (exact) mass is 293 g/mol. The fourth-order valence-corrected chi connectivity index (χ4v) is 1.72. The first-order valence-electron chi connectivity index (χ1n) is 7.04. The van der Waals surface area contributed by atoms with Crippen molar-refractivity contribution in [3.63, 3.8) is 0 Å². The van der Waals surface area contributed by atoms with Crippen LogP contribution in [0.15, 0.2) is 24.3 Å². The van der Waals surface area contributed by atoms with E-state index in [1.54, 1.807) is 32.9 Å². The maximum Gasteiger partial charge on any atom is 0.308 e. The van der Waals surface area contributed by atoms with Crippen LogP contribution >= 0.6 is 0 Å². The Balaban J connectivity index is 2.52. The molecular weight excluding hydrogens is 270 g/mol. The highest BCUT2D eigenvalue weighted by atomic mass is 16.6. The van der Waals surface area contributed by atoms with Gasteiger partial charge in [0.05, 0.1) is 13.0 Å². The molecule has 0 unspecified atom stereocenters. The van der Waals surface area contributed by atoms with Crippen LogP contribution in [0.4, 0.5) is 0 Å². The van der Waals surface area contributed by atoms with E-state index >= 15 is 0 Å². The van der Waals surface area contributed by atoms with Crippen molar-refractivity contribution >= 4 is 11.9 Å². The molecule has 21 heavy (non-hydrogen) atoms. The minimum absolute atomic E-state index is 0.0491. The van der Waals surface area contributed by atoms with Crippen molar-refractivity contribution in [3.8, 4) is 0 Å². The van der Waals surface area contributed by atoms with Crippen molar-refractivity contribution in [2.24, 2.45) is 0 Å². The molecule has 1 aromatic rings. The Kier molecular flexibility index (Phi) is 5.90. The van der Waals surface area contributed by atoms with E-state index in [4.69, 9.17) is 4.74 Å². The molecule has 116 valence electrons. The lowest BCUT2D eigenvalue weighted by Crippen LogP contribution is -2.31. The zero-order chi connectivity index (χ0) is 16.0. The zero-order valence-electron chi connectivity index (χ0n) is 13.0. The van der Waals surface area contributed by atoms with Gasteiger partial charge in [0.25, 0.3) is 5.91 Å². The minimum Gasteiger partial charge on any atom is -0.460 e. The number of hydrogen-bond acceptors (Lipinski definition) is 4. The molecule has 1 N–H and O–H groups in total. The normalized spacial score (nSPS) is 11.1. The number of amides is 1. The molecule has 0 aliphatic rings. The molecule has 1 aromatic carbocycles. The van der Waals surface area contributed by atoms with Crippen LogP contribution in [0.2, 0.25) is 0 Å². The van der Waals surface area contributed by atoms with Crippen molar-refractivity contribution in [1.29, 1.82) is 0 Å². The lowest BCUT2D eigenvalue weighted by molar-refractivity contribution is -0.157. The van der Waals surface area contributed by atoms with Gasteiger partial charge in [-0.2, -0.15) is 0 Å². The number of nitrogens with zero attached hydrogens (tertiary/aromatic N) is 1. The van der Waals surface area contributed by atoms with E-state index < -0.39 is 17.5 Å². The number of ether oxygens (including phenoxy) is 1. The Labute approximate surface area is 125 Å². The summed E-state index contributed by atoms with van der Waals surface area (Å²) in [5.74, 6) is -0.975. The number of rotatable bonds is 5. The summed E-state index contributed by atoms with van der Waals surface area (Å²) in [6, 6.07) is 7.01. The van der Waals surface area contributed by atoms with Crippen LogP contribution in [0.25, 0.3) is 0 Å². The summed E-state index contributed by atoms with van der Waals surface area (Å²) in [7, 11) is 0. The Morgan fingerprint density at radius 3 is 2.24 bits per heavy atom.